The molecule has 0 aliphatic rings. The lowest BCUT2D eigenvalue weighted by Gasteiger charge is -2.12. The minimum Gasteiger partial charge on any atom is -0.465 e. The lowest BCUT2D eigenvalue weighted by Crippen LogP contribution is -2.25. The number of Topliss-reactive ketones (excluding diaryl/α,β-unsaturated/α-hetero) is 1. The highest BCUT2D eigenvalue weighted by Crippen LogP contribution is 2.28. The van der Waals surface area contributed by atoms with Crippen LogP contribution < -0.4 is 0 Å². The van der Waals surface area contributed by atoms with Gasteiger partial charge < -0.3 is 9.15 Å². The van der Waals surface area contributed by atoms with Crippen molar-refractivity contribution < 1.29 is 18.7 Å². The minimum absolute atomic E-state index is 0.0540. The van der Waals surface area contributed by atoms with E-state index >= 15 is 0 Å². The van der Waals surface area contributed by atoms with Crippen molar-refractivity contribution in [1.82, 2.24) is 19.7 Å². The summed E-state index contributed by atoms with van der Waals surface area (Å²) in [6.07, 6.45) is 1.57. The zero-order chi connectivity index (χ0) is 20.1. The Labute approximate surface area is 170 Å². The van der Waals surface area contributed by atoms with Crippen LogP contribution in [0.15, 0.2) is 33.3 Å². The van der Waals surface area contributed by atoms with Gasteiger partial charge in [0.1, 0.15) is 5.01 Å². The molecule has 0 aliphatic carbocycles. The largest absolute Gasteiger partial charge is 0.465 e. The summed E-state index contributed by atoms with van der Waals surface area (Å²) in [5.74, 6) is -0.610. The van der Waals surface area contributed by atoms with Crippen molar-refractivity contribution >= 4 is 34.9 Å². The number of hydrogen-bond donors (Lipinski definition) is 0. The quantitative estimate of drug-likeness (QED) is 0.295. The Morgan fingerprint density at radius 1 is 1.36 bits per heavy atom. The number of esters is 1. The van der Waals surface area contributed by atoms with Crippen LogP contribution in [0.1, 0.15) is 30.5 Å². The Balaban J connectivity index is 1.77. The van der Waals surface area contributed by atoms with Gasteiger partial charge >= 0.3 is 5.97 Å². The highest BCUT2D eigenvalue weighted by molar-refractivity contribution is 7.99. The van der Waals surface area contributed by atoms with E-state index in [9.17, 15) is 9.59 Å². The molecule has 0 N–H and O–H groups in total. The molecule has 0 amide bonds. The number of aryl methyl sites for hydroxylation is 1. The van der Waals surface area contributed by atoms with E-state index in [1.54, 1.807) is 25.3 Å². The zero-order valence-corrected chi connectivity index (χ0v) is 17.4. The number of ether oxygens (including phenoxy) is 1. The van der Waals surface area contributed by atoms with Gasteiger partial charge in [-0.3, -0.25) is 14.2 Å². The molecular weight excluding hydrogens is 400 g/mol. The number of carbonyl (C=O) groups is 2. The third-order valence-corrected chi connectivity index (χ3v) is 5.86. The smallest absolute Gasteiger partial charge is 0.323 e. The van der Waals surface area contributed by atoms with Crippen LogP contribution in [0, 0.1) is 6.92 Å². The Morgan fingerprint density at radius 2 is 2.18 bits per heavy atom. The standard InChI is InChI=1S/C18H20N4O4S2/c1-4-22-15(13-7-6-8-26-13)20-21-18(22)28-10-12(23)14(17(24)25-5-2)16-19-11(3)9-27-16/h6-9,14H,4-5,10H2,1-3H3/t14-/m0/s1. The average molecular weight is 421 g/mol. The molecule has 3 aromatic rings. The summed E-state index contributed by atoms with van der Waals surface area (Å²) in [7, 11) is 0. The topological polar surface area (TPSA) is 100 Å². The lowest BCUT2D eigenvalue weighted by atomic mass is 10.1. The van der Waals surface area contributed by atoms with Gasteiger partial charge in [0.15, 0.2) is 28.4 Å². The first-order valence-electron chi connectivity index (χ1n) is 8.76. The average Bonchev–Trinajstić information content (AvgIpc) is 3.40. The van der Waals surface area contributed by atoms with Crippen molar-refractivity contribution in [1.29, 1.82) is 0 Å². The normalized spacial score (nSPS) is 12.1. The summed E-state index contributed by atoms with van der Waals surface area (Å²) >= 11 is 2.51. The molecule has 0 saturated heterocycles. The van der Waals surface area contributed by atoms with Crippen LogP contribution in [-0.2, 0) is 20.9 Å². The molecule has 0 unspecified atom stereocenters. The summed E-state index contributed by atoms with van der Waals surface area (Å²) < 4.78 is 12.3. The van der Waals surface area contributed by atoms with Crippen molar-refractivity contribution in [2.45, 2.75) is 38.4 Å². The summed E-state index contributed by atoms with van der Waals surface area (Å²) in [6.45, 7) is 6.31. The molecule has 28 heavy (non-hydrogen) atoms. The number of furan rings is 1. The van der Waals surface area contributed by atoms with Crippen LogP contribution in [0.4, 0.5) is 0 Å². The Morgan fingerprint density at radius 3 is 2.79 bits per heavy atom. The number of carbonyl (C=O) groups excluding carboxylic acids is 2. The van der Waals surface area contributed by atoms with Gasteiger partial charge in [0, 0.05) is 17.6 Å². The van der Waals surface area contributed by atoms with Crippen molar-refractivity contribution in [3.63, 3.8) is 0 Å². The van der Waals surface area contributed by atoms with E-state index in [4.69, 9.17) is 9.15 Å². The predicted molar refractivity (Wildman–Crippen MR) is 105 cm³/mol. The van der Waals surface area contributed by atoms with E-state index in [2.05, 4.69) is 15.2 Å². The number of aromatic nitrogens is 4. The first kappa shape index (κ1) is 20.3. The predicted octanol–water partition coefficient (Wildman–Crippen LogP) is 3.33. The molecule has 0 aliphatic heterocycles. The maximum Gasteiger partial charge on any atom is 0.323 e. The highest BCUT2D eigenvalue weighted by atomic mass is 32.2. The van der Waals surface area contributed by atoms with Crippen molar-refractivity contribution in [2.24, 2.45) is 0 Å². The second kappa shape index (κ2) is 9.16. The second-order valence-electron chi connectivity index (χ2n) is 5.79. The molecule has 148 valence electrons. The molecule has 0 fully saturated rings. The van der Waals surface area contributed by atoms with E-state index in [-0.39, 0.29) is 18.1 Å². The highest BCUT2D eigenvalue weighted by Gasteiger charge is 2.32. The van der Waals surface area contributed by atoms with Crippen molar-refractivity contribution in [2.75, 3.05) is 12.4 Å². The number of hydrogen-bond acceptors (Lipinski definition) is 9. The molecule has 10 heteroatoms. The van der Waals surface area contributed by atoms with Gasteiger partial charge in [0.2, 0.25) is 0 Å². The summed E-state index contributed by atoms with van der Waals surface area (Å²) in [5, 5.41) is 11.2. The van der Waals surface area contributed by atoms with Crippen molar-refractivity contribution in [3.8, 4) is 11.6 Å². The Hall–Kier alpha value is -2.46. The molecule has 0 bridgehead atoms. The maximum absolute atomic E-state index is 12.8. The van der Waals surface area contributed by atoms with E-state index in [0.29, 0.717) is 28.3 Å². The number of thiazole rings is 1. The molecule has 0 saturated carbocycles. The first-order valence-corrected chi connectivity index (χ1v) is 10.6. The minimum atomic E-state index is -1.02. The van der Waals surface area contributed by atoms with Gasteiger partial charge in [0.05, 0.1) is 18.6 Å². The number of thioether (sulfide) groups is 1. The molecule has 3 heterocycles. The maximum atomic E-state index is 12.8. The van der Waals surface area contributed by atoms with Gasteiger partial charge in [-0.05, 0) is 32.9 Å². The molecule has 3 aromatic heterocycles. The third kappa shape index (κ3) is 4.33. The van der Waals surface area contributed by atoms with Gasteiger partial charge in [-0.2, -0.15) is 0 Å². The van der Waals surface area contributed by atoms with Crippen molar-refractivity contribution in [3.05, 3.63) is 34.5 Å². The molecule has 0 radical (unpaired) electrons. The monoisotopic (exact) mass is 420 g/mol. The molecule has 0 aromatic carbocycles. The van der Waals surface area contributed by atoms with E-state index in [1.165, 1.54) is 23.1 Å². The third-order valence-electron chi connectivity index (χ3n) is 3.85. The van der Waals surface area contributed by atoms with Crippen LogP contribution in [0.2, 0.25) is 0 Å². The molecule has 8 nitrogen and oxygen atoms in total. The fourth-order valence-electron chi connectivity index (χ4n) is 2.59. The van der Waals surface area contributed by atoms with Crippen LogP contribution in [0.25, 0.3) is 11.6 Å². The summed E-state index contributed by atoms with van der Waals surface area (Å²) in [5.41, 5.74) is 0.767. The van der Waals surface area contributed by atoms with Gasteiger partial charge in [0.25, 0.3) is 0 Å². The molecule has 1 atom stereocenters. The summed E-state index contributed by atoms with van der Waals surface area (Å²) in [6, 6.07) is 3.58. The van der Waals surface area contributed by atoms with Crippen LogP contribution in [0.3, 0.4) is 0 Å². The zero-order valence-electron chi connectivity index (χ0n) is 15.7. The molecule has 3 rings (SSSR count). The number of nitrogens with zero attached hydrogens (tertiary/aromatic N) is 4. The van der Waals surface area contributed by atoms with Gasteiger partial charge in [-0.25, -0.2) is 4.98 Å². The lowest BCUT2D eigenvalue weighted by molar-refractivity contribution is -0.147. The SMILES string of the molecule is CCOC(=O)[C@@H](C(=O)CSc1nnc(-c2ccco2)n1CC)c1nc(C)cs1. The van der Waals surface area contributed by atoms with Gasteiger partial charge in [-0.15, -0.1) is 21.5 Å². The van der Waals surface area contributed by atoms with Crippen LogP contribution >= 0.6 is 23.1 Å². The molecular formula is C18H20N4O4S2. The Bertz CT molecular complexity index is 949. The summed E-state index contributed by atoms with van der Waals surface area (Å²) in [4.78, 5) is 29.5. The first-order chi connectivity index (χ1) is 13.5. The van der Waals surface area contributed by atoms with E-state index < -0.39 is 11.9 Å². The van der Waals surface area contributed by atoms with Crippen LogP contribution in [0.5, 0.6) is 0 Å². The molecule has 0 spiro atoms. The number of rotatable bonds is 9. The number of ketones is 1. The fourth-order valence-corrected chi connectivity index (χ4v) is 4.40. The Kier molecular flexibility index (Phi) is 6.63. The van der Waals surface area contributed by atoms with Gasteiger partial charge in [-0.1, -0.05) is 11.8 Å². The fraction of sp³-hybridized carbons (Fsp3) is 0.389. The van der Waals surface area contributed by atoms with Crippen LogP contribution in [-0.4, -0.2) is 43.9 Å². The van der Waals surface area contributed by atoms with E-state index in [0.717, 1.165) is 5.69 Å². The second-order valence-corrected chi connectivity index (χ2v) is 7.63. The van der Waals surface area contributed by atoms with E-state index in [1.807, 2.05) is 23.8 Å².